The number of hydrogen-bond donors (Lipinski definition) is 2. The first-order valence-corrected chi connectivity index (χ1v) is 6.75. The predicted molar refractivity (Wildman–Crippen MR) is 71.8 cm³/mol. The summed E-state index contributed by atoms with van der Waals surface area (Å²) in [6.07, 6.45) is -1.58. The molecule has 1 aliphatic rings. The van der Waals surface area contributed by atoms with Crippen LogP contribution in [0.1, 0.15) is 37.0 Å². The fourth-order valence-electron chi connectivity index (χ4n) is 2.16. The molecule has 0 bridgehead atoms. The van der Waals surface area contributed by atoms with Gasteiger partial charge in [-0.3, -0.25) is 0 Å². The van der Waals surface area contributed by atoms with Crippen molar-refractivity contribution in [1.29, 1.82) is 0 Å². The van der Waals surface area contributed by atoms with Crippen LogP contribution in [-0.2, 0) is 4.79 Å². The minimum atomic E-state index is -1.58. The van der Waals surface area contributed by atoms with Gasteiger partial charge in [-0.15, -0.1) is 0 Å². The van der Waals surface area contributed by atoms with Crippen molar-refractivity contribution in [2.45, 2.75) is 25.9 Å². The maximum absolute atomic E-state index is 11.0. The number of ether oxygens (including phenoxy) is 2. The third-order valence-corrected chi connectivity index (χ3v) is 3.53. The highest BCUT2D eigenvalue weighted by Gasteiger charge is 2.29. The summed E-state index contributed by atoms with van der Waals surface area (Å²) in [6.45, 7) is 4.69. The van der Waals surface area contributed by atoms with E-state index >= 15 is 0 Å². The molecule has 1 heterocycles. The van der Waals surface area contributed by atoms with Gasteiger partial charge in [-0.25, -0.2) is 4.79 Å². The number of aliphatic hydroxyl groups excluding tert-OH is 1. The average molecular weight is 331 g/mol. The number of aliphatic carboxylic acids is 1. The lowest BCUT2D eigenvalue weighted by Crippen LogP contribution is -2.20. The van der Waals surface area contributed by atoms with Gasteiger partial charge in [0.15, 0.2) is 17.6 Å². The molecule has 104 valence electrons. The van der Waals surface area contributed by atoms with E-state index in [0.29, 0.717) is 40.3 Å². The summed E-state index contributed by atoms with van der Waals surface area (Å²) in [5.74, 6) is -0.194. The molecule has 6 heteroatoms. The van der Waals surface area contributed by atoms with E-state index in [1.54, 1.807) is 6.07 Å². The molecule has 0 amide bonds. The Morgan fingerprint density at radius 1 is 1.32 bits per heavy atom. The lowest BCUT2D eigenvalue weighted by atomic mass is 9.92. The highest BCUT2D eigenvalue weighted by molar-refractivity contribution is 9.10. The summed E-state index contributed by atoms with van der Waals surface area (Å²) in [4.78, 5) is 11.0. The van der Waals surface area contributed by atoms with E-state index in [2.05, 4.69) is 15.9 Å². The van der Waals surface area contributed by atoms with Gasteiger partial charge in [0.05, 0.1) is 4.47 Å². The van der Waals surface area contributed by atoms with Gasteiger partial charge in [0.2, 0.25) is 0 Å². The first-order chi connectivity index (χ1) is 8.93. The minimum absolute atomic E-state index is 0.00699. The quantitative estimate of drug-likeness (QED) is 0.890. The van der Waals surface area contributed by atoms with Crippen molar-refractivity contribution in [3.63, 3.8) is 0 Å². The molecular formula is C13H15BrO5. The van der Waals surface area contributed by atoms with E-state index < -0.39 is 12.1 Å². The fourth-order valence-corrected chi connectivity index (χ4v) is 2.70. The number of rotatable bonds is 3. The maximum Gasteiger partial charge on any atom is 0.337 e. The van der Waals surface area contributed by atoms with Crippen LogP contribution in [0.4, 0.5) is 0 Å². The molecule has 0 aliphatic carbocycles. The first kappa shape index (κ1) is 14.1. The van der Waals surface area contributed by atoms with Crippen molar-refractivity contribution in [1.82, 2.24) is 0 Å². The van der Waals surface area contributed by atoms with Crippen LogP contribution in [0, 0.1) is 0 Å². The van der Waals surface area contributed by atoms with Crippen LogP contribution >= 0.6 is 15.9 Å². The summed E-state index contributed by atoms with van der Waals surface area (Å²) in [5, 5.41) is 18.8. The van der Waals surface area contributed by atoms with Crippen molar-refractivity contribution < 1.29 is 24.5 Å². The summed E-state index contributed by atoms with van der Waals surface area (Å²) in [5.41, 5.74) is 1.01. The third kappa shape index (κ3) is 2.55. The number of aliphatic hydroxyl groups is 1. The Kier molecular flexibility index (Phi) is 4.01. The summed E-state index contributed by atoms with van der Waals surface area (Å²) in [6, 6.07) is 1.58. The summed E-state index contributed by atoms with van der Waals surface area (Å²) >= 11 is 3.32. The molecule has 1 aliphatic heterocycles. The van der Waals surface area contributed by atoms with E-state index in [1.165, 1.54) is 0 Å². The Balaban J connectivity index is 2.66. The van der Waals surface area contributed by atoms with Crippen molar-refractivity contribution in [2.24, 2.45) is 0 Å². The van der Waals surface area contributed by atoms with Gasteiger partial charge in [0.25, 0.3) is 0 Å². The molecule has 1 aromatic rings. The topological polar surface area (TPSA) is 76.0 Å². The molecule has 2 rings (SSSR count). The lowest BCUT2D eigenvalue weighted by Gasteiger charge is -2.26. The van der Waals surface area contributed by atoms with Crippen LogP contribution in [0.15, 0.2) is 10.5 Å². The Labute approximate surface area is 119 Å². The first-order valence-electron chi connectivity index (χ1n) is 5.96. The molecule has 1 unspecified atom stereocenters. The Bertz CT molecular complexity index is 512. The van der Waals surface area contributed by atoms with Gasteiger partial charge in [-0.2, -0.15) is 0 Å². The molecule has 19 heavy (non-hydrogen) atoms. The monoisotopic (exact) mass is 330 g/mol. The molecule has 2 N–H and O–H groups in total. The van der Waals surface area contributed by atoms with E-state index in [0.717, 1.165) is 0 Å². The Morgan fingerprint density at radius 3 is 2.42 bits per heavy atom. The number of hydrogen-bond acceptors (Lipinski definition) is 4. The molecule has 0 fully saturated rings. The molecule has 5 nitrogen and oxygen atoms in total. The van der Waals surface area contributed by atoms with E-state index in [1.807, 2.05) is 13.8 Å². The van der Waals surface area contributed by atoms with E-state index in [4.69, 9.17) is 14.6 Å². The summed E-state index contributed by atoms with van der Waals surface area (Å²) < 4.78 is 11.7. The number of halogens is 1. The Morgan fingerprint density at radius 2 is 1.89 bits per heavy atom. The van der Waals surface area contributed by atoms with Crippen LogP contribution in [0.5, 0.6) is 11.5 Å². The lowest BCUT2D eigenvalue weighted by molar-refractivity contribution is -0.147. The Hall–Kier alpha value is -1.27. The third-order valence-electron chi connectivity index (χ3n) is 2.94. The molecule has 1 aromatic carbocycles. The minimum Gasteiger partial charge on any atom is -0.486 e. The average Bonchev–Trinajstić information content (AvgIpc) is 2.37. The molecule has 1 atom stereocenters. The normalized spacial score (nSPS) is 15.4. The number of carboxylic acids is 1. The summed E-state index contributed by atoms with van der Waals surface area (Å²) in [7, 11) is 0. The zero-order chi connectivity index (χ0) is 14.2. The van der Waals surface area contributed by atoms with Crippen LogP contribution in [0.25, 0.3) is 0 Å². The second-order valence-corrected chi connectivity index (χ2v) is 5.47. The smallest absolute Gasteiger partial charge is 0.337 e. The number of fused-ring (bicyclic) bond motifs is 1. The van der Waals surface area contributed by atoms with Crippen LogP contribution in [-0.4, -0.2) is 29.4 Å². The van der Waals surface area contributed by atoms with E-state index in [9.17, 15) is 9.90 Å². The zero-order valence-electron chi connectivity index (χ0n) is 10.6. The van der Waals surface area contributed by atoms with Gasteiger partial charge in [0.1, 0.15) is 13.2 Å². The zero-order valence-corrected chi connectivity index (χ0v) is 12.2. The van der Waals surface area contributed by atoms with Gasteiger partial charge < -0.3 is 19.7 Å². The maximum atomic E-state index is 11.0. The molecule has 0 spiro atoms. The van der Waals surface area contributed by atoms with Gasteiger partial charge in [-0.05, 0) is 27.9 Å². The number of carboxylic acid groups (broad SMARTS) is 1. The van der Waals surface area contributed by atoms with Crippen molar-refractivity contribution >= 4 is 21.9 Å². The SMILES string of the molecule is CC(C)c1c(C(O)C(=O)O)cc(Br)c2c1OCCO2. The van der Waals surface area contributed by atoms with E-state index in [-0.39, 0.29) is 5.92 Å². The molecular weight excluding hydrogens is 316 g/mol. The largest absolute Gasteiger partial charge is 0.486 e. The van der Waals surface area contributed by atoms with Crippen LogP contribution < -0.4 is 9.47 Å². The molecule has 0 saturated carbocycles. The fraction of sp³-hybridized carbons (Fsp3) is 0.462. The van der Waals surface area contributed by atoms with Crippen molar-refractivity contribution in [2.75, 3.05) is 13.2 Å². The number of carbonyl (C=O) groups is 1. The predicted octanol–water partition coefficient (Wildman–Crippen LogP) is 2.46. The highest BCUT2D eigenvalue weighted by atomic mass is 79.9. The molecule has 0 saturated heterocycles. The second-order valence-electron chi connectivity index (χ2n) is 4.61. The molecule has 0 radical (unpaired) electrons. The van der Waals surface area contributed by atoms with Crippen molar-refractivity contribution in [3.8, 4) is 11.5 Å². The number of benzene rings is 1. The van der Waals surface area contributed by atoms with Crippen molar-refractivity contribution in [3.05, 3.63) is 21.7 Å². The van der Waals surface area contributed by atoms with Gasteiger partial charge in [-0.1, -0.05) is 13.8 Å². The standard InChI is InChI=1S/C13H15BrO5/c1-6(2)9-7(10(15)13(16)17)5-8(14)11-12(9)19-4-3-18-11/h5-6,10,15H,3-4H2,1-2H3,(H,16,17). The van der Waals surface area contributed by atoms with Crippen LogP contribution in [0.2, 0.25) is 0 Å². The van der Waals surface area contributed by atoms with Crippen LogP contribution in [0.3, 0.4) is 0 Å². The van der Waals surface area contributed by atoms with Gasteiger partial charge in [0, 0.05) is 11.1 Å². The second kappa shape index (κ2) is 5.38. The van der Waals surface area contributed by atoms with Gasteiger partial charge >= 0.3 is 5.97 Å². The highest BCUT2D eigenvalue weighted by Crippen LogP contribution is 2.46. The molecule has 0 aromatic heterocycles.